The SMILES string of the molecule is COCC#CCOc1nc2oc(=O)cc(Cc3cccc(F)c3)c2c(=O)[nH]1. The summed E-state index contributed by atoms with van der Waals surface area (Å²) in [6.45, 7) is 0.231. The molecule has 0 aliphatic carbocycles. The molecule has 0 unspecified atom stereocenters. The van der Waals surface area contributed by atoms with Gasteiger partial charge < -0.3 is 13.9 Å². The highest BCUT2D eigenvalue weighted by molar-refractivity contribution is 5.76. The lowest BCUT2D eigenvalue weighted by atomic mass is 10.0. The van der Waals surface area contributed by atoms with Crippen molar-refractivity contribution in [2.24, 2.45) is 0 Å². The maximum absolute atomic E-state index is 13.4. The van der Waals surface area contributed by atoms with Gasteiger partial charge in [-0.3, -0.25) is 9.78 Å². The molecule has 2 heterocycles. The molecule has 1 aromatic carbocycles. The fraction of sp³-hybridized carbons (Fsp3) is 0.211. The van der Waals surface area contributed by atoms with E-state index in [0.29, 0.717) is 11.1 Å². The smallest absolute Gasteiger partial charge is 0.337 e. The van der Waals surface area contributed by atoms with Crippen LogP contribution in [0.2, 0.25) is 0 Å². The van der Waals surface area contributed by atoms with Crippen LogP contribution in [0.4, 0.5) is 4.39 Å². The minimum atomic E-state index is -0.669. The highest BCUT2D eigenvalue weighted by Crippen LogP contribution is 2.17. The molecular weight excluding hydrogens is 355 g/mol. The minimum absolute atomic E-state index is 0.0228. The van der Waals surface area contributed by atoms with Gasteiger partial charge in [0.05, 0.1) is 0 Å². The number of aromatic nitrogens is 2. The van der Waals surface area contributed by atoms with Crippen molar-refractivity contribution in [2.75, 3.05) is 20.3 Å². The summed E-state index contributed by atoms with van der Waals surface area (Å²) in [5, 5.41) is 0.108. The lowest BCUT2D eigenvalue weighted by Gasteiger charge is -2.06. The second kappa shape index (κ2) is 8.29. The molecule has 0 aliphatic heterocycles. The molecule has 27 heavy (non-hydrogen) atoms. The van der Waals surface area contributed by atoms with Gasteiger partial charge in [0.25, 0.3) is 5.56 Å². The number of methoxy groups -OCH3 is 1. The molecular formula is C19H15FN2O5. The van der Waals surface area contributed by atoms with E-state index in [0.717, 1.165) is 0 Å². The number of ether oxygens (including phenoxy) is 2. The molecule has 3 aromatic rings. The van der Waals surface area contributed by atoms with Gasteiger partial charge >= 0.3 is 11.6 Å². The van der Waals surface area contributed by atoms with Crippen LogP contribution in [0.1, 0.15) is 11.1 Å². The van der Waals surface area contributed by atoms with E-state index in [-0.39, 0.29) is 36.7 Å². The Morgan fingerprint density at radius 3 is 2.81 bits per heavy atom. The van der Waals surface area contributed by atoms with Crippen molar-refractivity contribution in [1.29, 1.82) is 0 Å². The van der Waals surface area contributed by atoms with Crippen molar-refractivity contribution in [3.8, 4) is 17.9 Å². The van der Waals surface area contributed by atoms with Gasteiger partial charge in [0.1, 0.15) is 17.8 Å². The molecule has 0 atom stereocenters. The van der Waals surface area contributed by atoms with Gasteiger partial charge in [-0.15, -0.1) is 0 Å². The molecule has 0 aliphatic rings. The Balaban J connectivity index is 1.96. The Bertz CT molecular complexity index is 1140. The Morgan fingerprint density at radius 1 is 1.22 bits per heavy atom. The molecule has 2 aromatic heterocycles. The van der Waals surface area contributed by atoms with Crippen LogP contribution in [0.25, 0.3) is 11.1 Å². The van der Waals surface area contributed by atoms with Crippen LogP contribution in [0.15, 0.2) is 44.3 Å². The van der Waals surface area contributed by atoms with Gasteiger partial charge in [0.2, 0.25) is 5.71 Å². The molecule has 7 nitrogen and oxygen atoms in total. The summed E-state index contributed by atoms with van der Waals surface area (Å²) in [7, 11) is 1.52. The predicted molar refractivity (Wildman–Crippen MR) is 95.3 cm³/mol. The summed E-state index contributed by atoms with van der Waals surface area (Å²) in [6.07, 6.45) is 0.174. The van der Waals surface area contributed by atoms with Gasteiger partial charge in [0.15, 0.2) is 6.61 Å². The summed E-state index contributed by atoms with van der Waals surface area (Å²) in [5.41, 5.74) is -0.368. The number of aromatic amines is 1. The quantitative estimate of drug-likeness (QED) is 0.686. The zero-order valence-corrected chi connectivity index (χ0v) is 14.4. The number of nitrogens with one attached hydrogen (secondary N) is 1. The van der Waals surface area contributed by atoms with Crippen LogP contribution in [0.3, 0.4) is 0 Å². The second-order valence-corrected chi connectivity index (χ2v) is 5.52. The van der Waals surface area contributed by atoms with E-state index in [9.17, 15) is 14.0 Å². The standard InChI is InChI=1S/C19H15FN2O5/c1-25-7-2-3-8-26-19-21-17(24)16-13(11-15(23)27-18(16)22-19)9-12-5-4-6-14(20)10-12/h4-6,10-11H,7-9H2,1H3,(H,21,22,24). The molecule has 0 fully saturated rings. The van der Waals surface area contributed by atoms with Gasteiger partial charge in [-0.25, -0.2) is 9.18 Å². The minimum Gasteiger partial charge on any atom is -0.451 e. The maximum atomic E-state index is 13.4. The van der Waals surface area contributed by atoms with Crippen molar-refractivity contribution in [3.05, 3.63) is 68.0 Å². The highest BCUT2D eigenvalue weighted by atomic mass is 19.1. The average Bonchev–Trinajstić information content (AvgIpc) is 2.61. The number of benzene rings is 1. The molecule has 0 saturated carbocycles. The lowest BCUT2D eigenvalue weighted by molar-refractivity contribution is 0.239. The van der Waals surface area contributed by atoms with Crippen LogP contribution in [-0.4, -0.2) is 30.3 Å². The Hall–Kier alpha value is -3.44. The van der Waals surface area contributed by atoms with E-state index in [4.69, 9.17) is 13.9 Å². The van der Waals surface area contributed by atoms with Gasteiger partial charge in [-0.05, 0) is 29.7 Å². The molecule has 0 bridgehead atoms. The first-order valence-electron chi connectivity index (χ1n) is 7.96. The zero-order chi connectivity index (χ0) is 19.2. The number of rotatable bonds is 5. The van der Waals surface area contributed by atoms with Gasteiger partial charge in [-0.1, -0.05) is 24.0 Å². The summed E-state index contributed by atoms with van der Waals surface area (Å²) >= 11 is 0. The summed E-state index contributed by atoms with van der Waals surface area (Å²) in [5.74, 6) is 4.96. The summed E-state index contributed by atoms with van der Waals surface area (Å²) < 4.78 is 28.5. The first-order chi connectivity index (χ1) is 13.1. The molecule has 138 valence electrons. The first-order valence-corrected chi connectivity index (χ1v) is 7.96. The monoisotopic (exact) mass is 370 g/mol. The molecule has 0 spiro atoms. The molecule has 1 N–H and O–H groups in total. The van der Waals surface area contributed by atoms with Crippen molar-refractivity contribution < 1.29 is 18.3 Å². The normalized spacial score (nSPS) is 10.4. The largest absolute Gasteiger partial charge is 0.451 e. The number of halogens is 1. The lowest BCUT2D eigenvalue weighted by Crippen LogP contribution is -2.15. The fourth-order valence-electron chi connectivity index (χ4n) is 2.48. The van der Waals surface area contributed by atoms with Crippen LogP contribution in [0, 0.1) is 17.7 Å². The van der Waals surface area contributed by atoms with E-state index in [1.807, 2.05) is 0 Å². The van der Waals surface area contributed by atoms with E-state index in [1.54, 1.807) is 12.1 Å². The van der Waals surface area contributed by atoms with Gasteiger partial charge in [-0.2, -0.15) is 4.98 Å². The van der Waals surface area contributed by atoms with Crippen LogP contribution < -0.4 is 15.9 Å². The maximum Gasteiger partial charge on any atom is 0.337 e. The Labute approximate surface area is 152 Å². The van der Waals surface area contributed by atoms with E-state index >= 15 is 0 Å². The molecule has 0 amide bonds. The zero-order valence-electron chi connectivity index (χ0n) is 14.4. The third-order valence-electron chi connectivity index (χ3n) is 3.58. The third-order valence-corrected chi connectivity index (χ3v) is 3.58. The number of hydrogen-bond acceptors (Lipinski definition) is 6. The summed E-state index contributed by atoms with van der Waals surface area (Å²) in [6, 6.07) is 6.97. The van der Waals surface area contributed by atoms with Crippen molar-refractivity contribution in [2.45, 2.75) is 6.42 Å². The van der Waals surface area contributed by atoms with Crippen LogP contribution >= 0.6 is 0 Å². The Morgan fingerprint density at radius 2 is 2.04 bits per heavy atom. The fourth-order valence-corrected chi connectivity index (χ4v) is 2.48. The highest BCUT2D eigenvalue weighted by Gasteiger charge is 2.14. The molecule has 8 heteroatoms. The number of H-pyrrole nitrogens is 1. The molecule has 3 rings (SSSR count). The van der Waals surface area contributed by atoms with E-state index < -0.39 is 17.0 Å². The second-order valence-electron chi connectivity index (χ2n) is 5.52. The topological polar surface area (TPSA) is 94.4 Å². The summed E-state index contributed by atoms with van der Waals surface area (Å²) in [4.78, 5) is 30.8. The van der Waals surface area contributed by atoms with Crippen molar-refractivity contribution in [3.63, 3.8) is 0 Å². The van der Waals surface area contributed by atoms with Crippen molar-refractivity contribution >= 4 is 11.1 Å². The van der Waals surface area contributed by atoms with Gasteiger partial charge in [0, 0.05) is 13.2 Å². The first kappa shape index (κ1) is 18.4. The predicted octanol–water partition coefficient (Wildman–Crippen LogP) is 1.63. The van der Waals surface area contributed by atoms with Crippen molar-refractivity contribution in [1.82, 2.24) is 9.97 Å². The number of hydrogen-bond donors (Lipinski definition) is 1. The van der Waals surface area contributed by atoms with Crippen LogP contribution in [-0.2, 0) is 11.2 Å². The molecule has 0 radical (unpaired) electrons. The van der Waals surface area contributed by atoms with E-state index in [1.165, 1.54) is 25.3 Å². The van der Waals surface area contributed by atoms with Crippen LogP contribution in [0.5, 0.6) is 6.01 Å². The number of nitrogens with zero attached hydrogens (tertiary/aromatic N) is 1. The number of fused-ring (bicyclic) bond motifs is 1. The molecule has 0 saturated heterocycles. The van der Waals surface area contributed by atoms with E-state index in [2.05, 4.69) is 21.8 Å². The average molecular weight is 370 g/mol. The Kier molecular flexibility index (Phi) is 5.64. The third kappa shape index (κ3) is 4.59.